The molecule has 0 saturated heterocycles. The number of benzene rings is 2. The average molecular weight is 254 g/mol. The highest BCUT2D eigenvalue weighted by Gasteiger charge is 2.14. The van der Waals surface area contributed by atoms with Crippen LogP contribution in [0.3, 0.4) is 0 Å². The van der Waals surface area contributed by atoms with Crippen molar-refractivity contribution in [3.8, 4) is 0 Å². The van der Waals surface area contributed by atoms with Gasteiger partial charge in [0.15, 0.2) is 0 Å². The summed E-state index contributed by atoms with van der Waals surface area (Å²) >= 11 is 0. The van der Waals surface area contributed by atoms with E-state index in [1.807, 2.05) is 60.7 Å². The first-order valence-electron chi connectivity index (χ1n) is 6.39. The summed E-state index contributed by atoms with van der Waals surface area (Å²) in [4.78, 5) is 11.9. The highest BCUT2D eigenvalue weighted by Crippen LogP contribution is 2.09. The van der Waals surface area contributed by atoms with Crippen molar-refractivity contribution in [1.82, 2.24) is 5.32 Å². The zero-order chi connectivity index (χ0) is 13.5. The quantitative estimate of drug-likeness (QED) is 0.858. The van der Waals surface area contributed by atoms with Crippen LogP contribution in [0.2, 0.25) is 0 Å². The van der Waals surface area contributed by atoms with Crippen molar-refractivity contribution in [3.63, 3.8) is 0 Å². The fraction of sp³-hybridized carbons (Fsp3) is 0.188. The van der Waals surface area contributed by atoms with Crippen LogP contribution in [0.5, 0.6) is 0 Å². The van der Waals surface area contributed by atoms with Gasteiger partial charge in [0, 0.05) is 6.54 Å². The molecule has 2 aromatic rings. The van der Waals surface area contributed by atoms with Crippen molar-refractivity contribution in [2.45, 2.75) is 12.5 Å². The number of nitrogens with two attached hydrogens (primary N) is 1. The minimum absolute atomic E-state index is 0.137. The molecule has 0 spiro atoms. The first-order valence-corrected chi connectivity index (χ1v) is 6.39. The number of carbonyl (C=O) groups excluding carboxylic acids is 1. The third-order valence-electron chi connectivity index (χ3n) is 3.00. The lowest BCUT2D eigenvalue weighted by Crippen LogP contribution is -2.35. The molecular formula is C16H18N2O. The summed E-state index contributed by atoms with van der Waals surface area (Å²) in [5.41, 5.74) is 7.94. The van der Waals surface area contributed by atoms with E-state index in [2.05, 4.69) is 5.32 Å². The minimum atomic E-state index is -0.600. The molecule has 0 radical (unpaired) electrons. The van der Waals surface area contributed by atoms with Crippen LogP contribution < -0.4 is 11.1 Å². The van der Waals surface area contributed by atoms with E-state index in [1.165, 1.54) is 5.56 Å². The molecule has 98 valence electrons. The third kappa shape index (κ3) is 3.93. The highest BCUT2D eigenvalue weighted by molar-refractivity contribution is 5.82. The topological polar surface area (TPSA) is 55.1 Å². The number of rotatable bonds is 5. The van der Waals surface area contributed by atoms with Gasteiger partial charge in [-0.15, -0.1) is 0 Å². The maximum atomic E-state index is 11.9. The summed E-state index contributed by atoms with van der Waals surface area (Å²) in [5.74, 6) is -0.137. The Morgan fingerprint density at radius 1 is 1.00 bits per heavy atom. The van der Waals surface area contributed by atoms with Gasteiger partial charge in [0.2, 0.25) is 5.91 Å². The van der Waals surface area contributed by atoms with E-state index >= 15 is 0 Å². The first kappa shape index (κ1) is 13.3. The summed E-state index contributed by atoms with van der Waals surface area (Å²) in [7, 11) is 0. The second-order valence-corrected chi connectivity index (χ2v) is 4.41. The molecule has 0 aliphatic rings. The Kier molecular flexibility index (Phi) is 4.70. The van der Waals surface area contributed by atoms with Crippen LogP contribution in [0.15, 0.2) is 60.7 Å². The molecule has 0 bridgehead atoms. The number of amides is 1. The fourth-order valence-electron chi connectivity index (χ4n) is 1.90. The Bertz CT molecular complexity index is 511. The standard InChI is InChI=1S/C16H18N2O/c17-15(14-9-5-2-6-10-14)16(19)18-12-11-13-7-3-1-4-8-13/h1-10,15H,11-12,17H2,(H,18,19)/t15-/m1/s1. The molecule has 0 saturated carbocycles. The number of nitrogens with one attached hydrogen (secondary N) is 1. The summed E-state index contributed by atoms with van der Waals surface area (Å²) in [5, 5.41) is 2.87. The van der Waals surface area contributed by atoms with Crippen molar-refractivity contribution in [2.24, 2.45) is 5.73 Å². The second kappa shape index (κ2) is 6.71. The zero-order valence-electron chi connectivity index (χ0n) is 10.8. The van der Waals surface area contributed by atoms with Gasteiger partial charge in [-0.25, -0.2) is 0 Å². The van der Waals surface area contributed by atoms with Crippen molar-refractivity contribution in [3.05, 3.63) is 71.8 Å². The molecule has 2 rings (SSSR count). The number of carbonyl (C=O) groups is 1. The number of hydrogen-bond acceptors (Lipinski definition) is 2. The number of hydrogen-bond donors (Lipinski definition) is 2. The van der Waals surface area contributed by atoms with E-state index in [-0.39, 0.29) is 5.91 Å². The van der Waals surface area contributed by atoms with Crippen molar-refractivity contribution < 1.29 is 4.79 Å². The van der Waals surface area contributed by atoms with E-state index in [4.69, 9.17) is 5.73 Å². The molecule has 3 N–H and O–H groups in total. The monoisotopic (exact) mass is 254 g/mol. The van der Waals surface area contributed by atoms with E-state index in [1.54, 1.807) is 0 Å². The molecule has 0 heterocycles. The van der Waals surface area contributed by atoms with Crippen LogP contribution >= 0.6 is 0 Å². The normalized spacial score (nSPS) is 11.8. The van der Waals surface area contributed by atoms with E-state index in [9.17, 15) is 4.79 Å². The minimum Gasteiger partial charge on any atom is -0.354 e. The molecule has 3 heteroatoms. The smallest absolute Gasteiger partial charge is 0.241 e. The predicted molar refractivity (Wildman–Crippen MR) is 76.5 cm³/mol. The average Bonchev–Trinajstić information content (AvgIpc) is 2.48. The molecule has 1 amide bonds. The molecule has 2 aromatic carbocycles. The largest absolute Gasteiger partial charge is 0.354 e. The second-order valence-electron chi connectivity index (χ2n) is 4.41. The van der Waals surface area contributed by atoms with E-state index < -0.39 is 6.04 Å². The lowest BCUT2D eigenvalue weighted by atomic mass is 10.1. The molecule has 0 aromatic heterocycles. The zero-order valence-corrected chi connectivity index (χ0v) is 10.8. The van der Waals surface area contributed by atoms with Gasteiger partial charge in [-0.1, -0.05) is 60.7 Å². The Labute approximate surface area is 113 Å². The summed E-state index contributed by atoms with van der Waals surface area (Å²) in [6, 6.07) is 18.8. The van der Waals surface area contributed by atoms with Gasteiger partial charge in [0.25, 0.3) is 0 Å². The molecule has 19 heavy (non-hydrogen) atoms. The van der Waals surface area contributed by atoms with E-state index in [0.717, 1.165) is 12.0 Å². The Balaban J connectivity index is 1.82. The highest BCUT2D eigenvalue weighted by atomic mass is 16.2. The van der Waals surface area contributed by atoms with Crippen molar-refractivity contribution in [2.75, 3.05) is 6.54 Å². The lowest BCUT2D eigenvalue weighted by Gasteiger charge is -2.12. The SMILES string of the molecule is N[C@@H](C(=O)NCCc1ccccc1)c1ccccc1. The molecule has 0 aliphatic carbocycles. The van der Waals surface area contributed by atoms with Crippen LogP contribution in [0.25, 0.3) is 0 Å². The van der Waals surface area contributed by atoms with Crippen LogP contribution in [0.1, 0.15) is 17.2 Å². The summed E-state index contributed by atoms with van der Waals surface area (Å²) < 4.78 is 0. The van der Waals surface area contributed by atoms with Gasteiger partial charge in [0.1, 0.15) is 6.04 Å². The molecule has 1 atom stereocenters. The van der Waals surface area contributed by atoms with Gasteiger partial charge in [-0.05, 0) is 17.5 Å². The fourth-order valence-corrected chi connectivity index (χ4v) is 1.90. The Hall–Kier alpha value is -2.13. The maximum absolute atomic E-state index is 11.9. The van der Waals surface area contributed by atoms with Crippen LogP contribution in [-0.4, -0.2) is 12.5 Å². The van der Waals surface area contributed by atoms with Crippen LogP contribution in [-0.2, 0) is 11.2 Å². The molecule has 0 aliphatic heterocycles. The maximum Gasteiger partial charge on any atom is 0.241 e. The van der Waals surface area contributed by atoms with Gasteiger partial charge in [0.05, 0.1) is 0 Å². The molecular weight excluding hydrogens is 236 g/mol. The van der Waals surface area contributed by atoms with E-state index in [0.29, 0.717) is 6.54 Å². The summed E-state index contributed by atoms with van der Waals surface area (Å²) in [6.07, 6.45) is 0.814. The lowest BCUT2D eigenvalue weighted by molar-refractivity contribution is -0.122. The first-order chi connectivity index (χ1) is 9.27. The summed E-state index contributed by atoms with van der Waals surface area (Å²) in [6.45, 7) is 0.601. The molecule has 0 fully saturated rings. The van der Waals surface area contributed by atoms with Crippen LogP contribution in [0, 0.1) is 0 Å². The molecule has 3 nitrogen and oxygen atoms in total. The van der Waals surface area contributed by atoms with Crippen LogP contribution in [0.4, 0.5) is 0 Å². The molecule has 0 unspecified atom stereocenters. The van der Waals surface area contributed by atoms with Crippen molar-refractivity contribution in [1.29, 1.82) is 0 Å². The Morgan fingerprint density at radius 2 is 1.58 bits per heavy atom. The van der Waals surface area contributed by atoms with Gasteiger partial charge in [-0.3, -0.25) is 4.79 Å². The third-order valence-corrected chi connectivity index (χ3v) is 3.00. The Morgan fingerprint density at radius 3 is 2.21 bits per heavy atom. The van der Waals surface area contributed by atoms with Gasteiger partial charge < -0.3 is 11.1 Å². The predicted octanol–water partition coefficient (Wildman–Crippen LogP) is 2.05. The van der Waals surface area contributed by atoms with Gasteiger partial charge in [-0.2, -0.15) is 0 Å². The van der Waals surface area contributed by atoms with Crippen molar-refractivity contribution >= 4 is 5.91 Å². The van der Waals surface area contributed by atoms with Gasteiger partial charge >= 0.3 is 0 Å².